The van der Waals surface area contributed by atoms with Crippen LogP contribution in [0.1, 0.15) is 56.7 Å². The van der Waals surface area contributed by atoms with Gasteiger partial charge in [-0.15, -0.1) is 0 Å². The fourth-order valence-electron chi connectivity index (χ4n) is 3.06. The van der Waals surface area contributed by atoms with Gasteiger partial charge in [-0.2, -0.15) is 0 Å². The van der Waals surface area contributed by atoms with Crippen molar-refractivity contribution < 1.29 is 0 Å². The molecule has 0 amide bonds. The van der Waals surface area contributed by atoms with Crippen molar-refractivity contribution in [1.29, 1.82) is 0 Å². The maximum atomic E-state index is 3.69. The average molecular weight is 288 g/mol. The van der Waals surface area contributed by atoms with Crippen LogP contribution in [0.3, 0.4) is 0 Å². The fourth-order valence-corrected chi connectivity index (χ4v) is 3.06. The lowest BCUT2D eigenvalue weighted by Crippen LogP contribution is -2.49. The Bertz CT molecular complexity index is 459. The number of benzene rings is 1. The first-order valence-corrected chi connectivity index (χ1v) is 8.40. The summed E-state index contributed by atoms with van der Waals surface area (Å²) in [5, 5.41) is 3.69. The maximum Gasteiger partial charge on any atom is 0.0237 e. The van der Waals surface area contributed by atoms with Crippen LogP contribution >= 0.6 is 0 Å². The maximum absolute atomic E-state index is 3.69. The molecule has 21 heavy (non-hydrogen) atoms. The van der Waals surface area contributed by atoms with Crippen molar-refractivity contribution in [3.63, 3.8) is 0 Å². The minimum Gasteiger partial charge on any atom is -0.311 e. The van der Waals surface area contributed by atoms with Crippen molar-refractivity contribution in [3.05, 3.63) is 34.9 Å². The first-order valence-electron chi connectivity index (χ1n) is 8.40. The molecule has 1 aromatic carbocycles. The van der Waals surface area contributed by atoms with Gasteiger partial charge in [-0.1, -0.05) is 24.6 Å². The second-order valence-corrected chi connectivity index (χ2v) is 7.67. The Morgan fingerprint density at radius 1 is 1.14 bits per heavy atom. The van der Waals surface area contributed by atoms with E-state index in [0.29, 0.717) is 6.04 Å². The molecular formula is C19H32N2. The van der Waals surface area contributed by atoms with Gasteiger partial charge in [-0.25, -0.2) is 0 Å². The largest absolute Gasteiger partial charge is 0.311 e. The quantitative estimate of drug-likeness (QED) is 0.899. The lowest BCUT2D eigenvalue weighted by molar-refractivity contribution is 0.131. The molecule has 1 N–H and O–H groups in total. The minimum atomic E-state index is 0.212. The average Bonchev–Trinajstić information content (AvgIpc) is 2.41. The van der Waals surface area contributed by atoms with Crippen molar-refractivity contribution in [2.45, 2.75) is 72.0 Å². The van der Waals surface area contributed by atoms with Crippen molar-refractivity contribution in [2.24, 2.45) is 0 Å². The number of hydrogen-bond acceptors (Lipinski definition) is 2. The van der Waals surface area contributed by atoms with Gasteiger partial charge in [-0.05, 0) is 70.7 Å². The van der Waals surface area contributed by atoms with Crippen molar-refractivity contribution in [2.75, 3.05) is 13.1 Å². The van der Waals surface area contributed by atoms with Gasteiger partial charge in [0.1, 0.15) is 0 Å². The molecule has 2 heteroatoms. The molecule has 0 bridgehead atoms. The zero-order chi connectivity index (χ0) is 15.5. The van der Waals surface area contributed by atoms with Gasteiger partial charge in [0.05, 0.1) is 0 Å². The molecule has 2 rings (SSSR count). The van der Waals surface area contributed by atoms with E-state index in [1.165, 1.54) is 42.5 Å². The van der Waals surface area contributed by atoms with Gasteiger partial charge in [0.25, 0.3) is 0 Å². The number of nitrogens with one attached hydrogen (secondary N) is 1. The summed E-state index contributed by atoms with van der Waals surface area (Å²) < 4.78 is 0. The van der Waals surface area contributed by atoms with Crippen LogP contribution in [0, 0.1) is 13.8 Å². The predicted octanol–water partition coefficient (Wildman–Crippen LogP) is 4.05. The van der Waals surface area contributed by atoms with Gasteiger partial charge in [0, 0.05) is 24.7 Å². The highest BCUT2D eigenvalue weighted by Gasteiger charge is 2.23. The summed E-state index contributed by atoms with van der Waals surface area (Å²) in [4.78, 5) is 2.67. The van der Waals surface area contributed by atoms with Gasteiger partial charge < -0.3 is 5.32 Å². The molecule has 0 aromatic heterocycles. The Hall–Kier alpha value is -0.860. The summed E-state index contributed by atoms with van der Waals surface area (Å²) in [6, 6.07) is 7.60. The molecule has 0 saturated carbocycles. The van der Waals surface area contributed by atoms with Crippen LogP contribution in [0.5, 0.6) is 0 Å². The van der Waals surface area contributed by atoms with Crippen LogP contribution in [0.25, 0.3) is 0 Å². The number of hydrogen-bond donors (Lipinski definition) is 1. The van der Waals surface area contributed by atoms with Crippen LogP contribution in [-0.2, 0) is 6.54 Å². The molecule has 1 aliphatic rings. The minimum absolute atomic E-state index is 0.212. The van der Waals surface area contributed by atoms with Gasteiger partial charge in [-0.3, -0.25) is 4.90 Å². The van der Waals surface area contributed by atoms with Crippen LogP contribution in [-0.4, -0.2) is 29.6 Å². The number of piperidine rings is 1. The van der Waals surface area contributed by atoms with Gasteiger partial charge in [0.15, 0.2) is 0 Å². The fraction of sp³-hybridized carbons (Fsp3) is 0.684. The molecule has 1 aliphatic heterocycles. The molecule has 1 atom stereocenters. The Morgan fingerprint density at radius 3 is 2.57 bits per heavy atom. The van der Waals surface area contributed by atoms with E-state index in [1.54, 1.807) is 0 Å². The standard InChI is InChI=1S/C19H32N2/c1-15-9-10-17(12-16(15)2)14-21-11-7-6-8-18(21)13-20-19(3,4)5/h9-10,12,18,20H,6-8,11,13-14H2,1-5H3. The molecule has 0 aliphatic carbocycles. The first-order chi connectivity index (χ1) is 9.85. The van der Waals surface area contributed by atoms with Crippen LogP contribution in [0.15, 0.2) is 18.2 Å². The van der Waals surface area contributed by atoms with Crippen LogP contribution in [0.2, 0.25) is 0 Å². The first kappa shape index (κ1) is 16.5. The Labute approximate surface area is 130 Å². The molecule has 1 aromatic rings. The third-order valence-electron chi connectivity index (χ3n) is 4.57. The van der Waals surface area contributed by atoms with Crippen molar-refractivity contribution in [1.82, 2.24) is 10.2 Å². The third kappa shape index (κ3) is 5.12. The summed E-state index contributed by atoms with van der Waals surface area (Å²) in [5.74, 6) is 0. The highest BCUT2D eigenvalue weighted by molar-refractivity contribution is 5.29. The summed E-state index contributed by atoms with van der Waals surface area (Å²) in [6.45, 7) is 14.6. The monoisotopic (exact) mass is 288 g/mol. The van der Waals surface area contributed by atoms with E-state index in [1.807, 2.05) is 0 Å². The predicted molar refractivity (Wildman–Crippen MR) is 91.7 cm³/mol. The Balaban J connectivity index is 1.99. The zero-order valence-electron chi connectivity index (χ0n) is 14.5. The molecule has 0 spiro atoms. The molecule has 1 heterocycles. The number of aryl methyl sites for hydroxylation is 2. The van der Waals surface area contributed by atoms with Gasteiger partial charge in [0.2, 0.25) is 0 Å². The van der Waals surface area contributed by atoms with E-state index in [0.717, 1.165) is 13.1 Å². The summed E-state index contributed by atoms with van der Waals surface area (Å²) in [6.07, 6.45) is 4.05. The second-order valence-electron chi connectivity index (χ2n) is 7.67. The van der Waals surface area contributed by atoms with E-state index in [9.17, 15) is 0 Å². The molecule has 1 fully saturated rings. The SMILES string of the molecule is Cc1ccc(CN2CCCCC2CNC(C)(C)C)cc1C. The Morgan fingerprint density at radius 2 is 1.90 bits per heavy atom. The lowest BCUT2D eigenvalue weighted by Gasteiger charge is -2.37. The van der Waals surface area contributed by atoms with E-state index < -0.39 is 0 Å². The van der Waals surface area contributed by atoms with E-state index in [2.05, 4.69) is 63.0 Å². The zero-order valence-corrected chi connectivity index (χ0v) is 14.5. The summed E-state index contributed by atoms with van der Waals surface area (Å²) in [7, 11) is 0. The molecule has 1 saturated heterocycles. The number of rotatable bonds is 4. The highest BCUT2D eigenvalue weighted by atomic mass is 15.2. The van der Waals surface area contributed by atoms with E-state index in [4.69, 9.17) is 0 Å². The smallest absolute Gasteiger partial charge is 0.0237 e. The summed E-state index contributed by atoms with van der Waals surface area (Å²) >= 11 is 0. The molecule has 1 unspecified atom stereocenters. The molecule has 2 nitrogen and oxygen atoms in total. The van der Waals surface area contributed by atoms with Crippen molar-refractivity contribution in [3.8, 4) is 0 Å². The molecule has 118 valence electrons. The summed E-state index contributed by atoms with van der Waals surface area (Å²) in [5.41, 5.74) is 4.47. The topological polar surface area (TPSA) is 15.3 Å². The molecular weight excluding hydrogens is 256 g/mol. The van der Waals surface area contributed by atoms with Gasteiger partial charge >= 0.3 is 0 Å². The number of nitrogens with zero attached hydrogens (tertiary/aromatic N) is 1. The third-order valence-corrected chi connectivity index (χ3v) is 4.57. The second kappa shape index (κ2) is 6.93. The van der Waals surface area contributed by atoms with E-state index in [-0.39, 0.29) is 5.54 Å². The molecule has 0 radical (unpaired) electrons. The Kier molecular flexibility index (Phi) is 5.45. The van der Waals surface area contributed by atoms with E-state index >= 15 is 0 Å². The van der Waals surface area contributed by atoms with Crippen LogP contribution < -0.4 is 5.32 Å². The lowest BCUT2D eigenvalue weighted by atomic mass is 9.99. The highest BCUT2D eigenvalue weighted by Crippen LogP contribution is 2.21. The number of likely N-dealkylation sites (tertiary alicyclic amines) is 1. The van der Waals surface area contributed by atoms with Crippen LogP contribution in [0.4, 0.5) is 0 Å². The normalized spacial score (nSPS) is 20.7. The van der Waals surface area contributed by atoms with Crippen molar-refractivity contribution >= 4 is 0 Å².